The maximum Gasteiger partial charge on any atom is 0.356 e. The molecule has 0 aliphatic carbocycles. The Morgan fingerprint density at radius 1 is 1.09 bits per heavy atom. The van der Waals surface area contributed by atoms with Crippen molar-refractivity contribution >= 4 is 42.2 Å². The van der Waals surface area contributed by atoms with Crippen LogP contribution < -0.4 is 0 Å². The van der Waals surface area contributed by atoms with Crippen LogP contribution in [0.5, 0.6) is 0 Å². The molecule has 8 heteroatoms. The van der Waals surface area contributed by atoms with E-state index in [1.54, 1.807) is 11.8 Å². The van der Waals surface area contributed by atoms with Crippen LogP contribution in [0.1, 0.15) is 24.2 Å². The summed E-state index contributed by atoms with van der Waals surface area (Å²) in [6.45, 7) is 1.25. The second-order valence-corrected chi connectivity index (χ2v) is 9.01. The Kier molecular flexibility index (Phi) is 6.91. The SMILES string of the molecule is CC(=O)OCC1=C(C(=O)OC(c2ccccc2)c2ccccc2)N2C(=O)[C@H](CS)[C@H]2SC1. The number of ether oxygens (including phenoxy) is 2. The third-order valence-corrected chi connectivity index (χ3v) is 7.22. The van der Waals surface area contributed by atoms with E-state index in [9.17, 15) is 14.4 Å². The zero-order chi connectivity index (χ0) is 22.7. The summed E-state index contributed by atoms with van der Waals surface area (Å²) < 4.78 is 11.2. The number of hydrogen-bond donors (Lipinski definition) is 1. The van der Waals surface area contributed by atoms with E-state index in [1.807, 2.05) is 60.7 Å². The van der Waals surface area contributed by atoms with Crippen LogP contribution in [0.4, 0.5) is 0 Å². The van der Waals surface area contributed by atoms with E-state index in [1.165, 1.54) is 11.8 Å². The molecule has 2 aliphatic rings. The van der Waals surface area contributed by atoms with E-state index in [4.69, 9.17) is 9.47 Å². The fourth-order valence-corrected chi connectivity index (χ4v) is 5.73. The van der Waals surface area contributed by atoms with Gasteiger partial charge in [-0.15, -0.1) is 11.8 Å². The molecule has 0 aromatic heterocycles. The Morgan fingerprint density at radius 2 is 1.69 bits per heavy atom. The summed E-state index contributed by atoms with van der Waals surface area (Å²) in [6, 6.07) is 18.9. The Labute approximate surface area is 196 Å². The Morgan fingerprint density at radius 3 is 2.22 bits per heavy atom. The number of thiol groups is 1. The molecule has 6 nitrogen and oxygen atoms in total. The highest BCUT2D eigenvalue weighted by molar-refractivity contribution is 8.00. The fourth-order valence-electron chi connectivity index (χ4n) is 3.83. The highest BCUT2D eigenvalue weighted by atomic mass is 32.2. The molecule has 0 unspecified atom stereocenters. The number of hydrogen-bond acceptors (Lipinski definition) is 7. The molecule has 2 aromatic rings. The first-order valence-electron chi connectivity index (χ1n) is 10.2. The molecule has 4 rings (SSSR count). The van der Waals surface area contributed by atoms with Gasteiger partial charge in [0.2, 0.25) is 5.91 Å². The minimum Gasteiger partial charge on any atom is -0.461 e. The first-order valence-corrected chi connectivity index (χ1v) is 11.9. The number of β-lactam (4-membered cyclic amide) rings is 1. The van der Waals surface area contributed by atoms with Gasteiger partial charge in [-0.2, -0.15) is 12.6 Å². The van der Waals surface area contributed by atoms with Gasteiger partial charge in [-0.05, 0) is 11.1 Å². The number of nitrogens with zero attached hydrogens (tertiary/aromatic N) is 1. The lowest BCUT2D eigenvalue weighted by Gasteiger charge is -2.49. The van der Waals surface area contributed by atoms with Crippen LogP contribution >= 0.6 is 24.4 Å². The number of thioether (sulfide) groups is 1. The van der Waals surface area contributed by atoms with Crippen molar-refractivity contribution in [2.24, 2.45) is 5.92 Å². The summed E-state index contributed by atoms with van der Waals surface area (Å²) in [7, 11) is 0. The summed E-state index contributed by atoms with van der Waals surface area (Å²) in [5.41, 5.74) is 2.38. The van der Waals surface area contributed by atoms with E-state index >= 15 is 0 Å². The lowest BCUT2D eigenvalue weighted by atomic mass is 9.97. The monoisotopic (exact) mass is 469 g/mol. The molecule has 2 aliphatic heterocycles. The van der Waals surface area contributed by atoms with Crippen molar-refractivity contribution in [1.82, 2.24) is 4.90 Å². The maximum absolute atomic E-state index is 13.5. The van der Waals surface area contributed by atoms with Crippen molar-refractivity contribution in [3.05, 3.63) is 83.1 Å². The van der Waals surface area contributed by atoms with Crippen molar-refractivity contribution in [2.45, 2.75) is 18.4 Å². The van der Waals surface area contributed by atoms with Crippen molar-refractivity contribution in [3.63, 3.8) is 0 Å². The zero-order valence-corrected chi connectivity index (χ0v) is 19.2. The number of amides is 1. The maximum atomic E-state index is 13.5. The van der Waals surface area contributed by atoms with Crippen LogP contribution in [0.2, 0.25) is 0 Å². The minimum atomic E-state index is -0.641. The second kappa shape index (κ2) is 9.83. The first kappa shape index (κ1) is 22.5. The van der Waals surface area contributed by atoms with Gasteiger partial charge in [0.1, 0.15) is 12.3 Å². The van der Waals surface area contributed by atoms with Crippen LogP contribution in [0.3, 0.4) is 0 Å². The average Bonchev–Trinajstić information content (AvgIpc) is 2.81. The Hall–Kier alpha value is -2.71. The van der Waals surface area contributed by atoms with Gasteiger partial charge in [0.15, 0.2) is 6.10 Å². The summed E-state index contributed by atoms with van der Waals surface area (Å²) >= 11 is 5.82. The zero-order valence-electron chi connectivity index (χ0n) is 17.5. The van der Waals surface area contributed by atoms with Crippen LogP contribution in [0, 0.1) is 5.92 Å². The second-order valence-electron chi connectivity index (χ2n) is 7.54. The van der Waals surface area contributed by atoms with Crippen molar-refractivity contribution in [1.29, 1.82) is 0 Å². The van der Waals surface area contributed by atoms with Gasteiger partial charge in [-0.3, -0.25) is 14.5 Å². The Bertz CT molecular complexity index is 1000. The van der Waals surface area contributed by atoms with Gasteiger partial charge in [-0.1, -0.05) is 60.7 Å². The molecule has 0 saturated carbocycles. The molecule has 0 bridgehead atoms. The topological polar surface area (TPSA) is 72.9 Å². The van der Waals surface area contributed by atoms with Crippen LogP contribution in [-0.4, -0.2) is 46.2 Å². The third kappa shape index (κ3) is 4.42. The molecule has 1 amide bonds. The van der Waals surface area contributed by atoms with E-state index in [2.05, 4.69) is 12.6 Å². The van der Waals surface area contributed by atoms with Gasteiger partial charge in [0.05, 0.1) is 11.3 Å². The van der Waals surface area contributed by atoms with Gasteiger partial charge >= 0.3 is 11.9 Å². The number of rotatable bonds is 7. The van der Waals surface area contributed by atoms with Gasteiger partial charge in [0.25, 0.3) is 0 Å². The smallest absolute Gasteiger partial charge is 0.356 e. The summed E-state index contributed by atoms with van der Waals surface area (Å²) in [6.07, 6.45) is -0.641. The molecule has 0 radical (unpaired) electrons. The normalized spacial score (nSPS) is 20.0. The molecule has 2 atom stereocenters. The van der Waals surface area contributed by atoms with E-state index in [0.29, 0.717) is 17.1 Å². The summed E-state index contributed by atoms with van der Waals surface area (Å²) in [4.78, 5) is 39.1. The number of esters is 2. The number of carbonyl (C=O) groups is 3. The lowest BCUT2D eigenvalue weighted by molar-refractivity contribution is -0.155. The van der Waals surface area contributed by atoms with Crippen molar-refractivity contribution in [3.8, 4) is 0 Å². The quantitative estimate of drug-likeness (QED) is 0.380. The fraction of sp³-hybridized carbons (Fsp3) is 0.292. The molecule has 1 fully saturated rings. The van der Waals surface area contributed by atoms with Crippen LogP contribution in [0.25, 0.3) is 0 Å². The first-order chi connectivity index (χ1) is 15.5. The number of fused-ring (bicyclic) bond motifs is 1. The van der Waals surface area contributed by atoms with Crippen molar-refractivity contribution < 1.29 is 23.9 Å². The molecule has 2 heterocycles. The summed E-state index contributed by atoms with van der Waals surface area (Å²) in [5, 5.41) is -0.171. The molecule has 1 saturated heterocycles. The molecule has 2 aromatic carbocycles. The summed E-state index contributed by atoms with van der Waals surface area (Å²) in [5.74, 6) is -0.600. The van der Waals surface area contributed by atoms with Gasteiger partial charge < -0.3 is 9.47 Å². The van der Waals surface area contributed by atoms with Crippen LogP contribution in [-0.2, 0) is 23.9 Å². The number of carbonyl (C=O) groups excluding carboxylic acids is 3. The largest absolute Gasteiger partial charge is 0.461 e. The van der Waals surface area contributed by atoms with Gasteiger partial charge in [0, 0.05) is 24.0 Å². The van der Waals surface area contributed by atoms with E-state index < -0.39 is 18.0 Å². The average molecular weight is 470 g/mol. The predicted octanol–water partition coefficient (Wildman–Crippen LogP) is 3.60. The number of benzene rings is 2. The molecule has 32 heavy (non-hydrogen) atoms. The highest BCUT2D eigenvalue weighted by Gasteiger charge is 2.53. The van der Waals surface area contributed by atoms with Crippen LogP contribution in [0.15, 0.2) is 71.9 Å². The molecular weight excluding hydrogens is 446 g/mol. The molecule has 0 spiro atoms. The highest BCUT2D eigenvalue weighted by Crippen LogP contribution is 2.45. The van der Waals surface area contributed by atoms with Crippen molar-refractivity contribution in [2.75, 3.05) is 18.1 Å². The Balaban J connectivity index is 1.68. The standard InChI is InChI=1S/C24H23NO5S2/c1-15(26)29-12-18-14-32-23-19(13-31)22(27)25(23)20(18)24(28)30-21(16-8-4-2-5-9-16)17-10-6-3-7-11-17/h2-11,19,21,23,31H,12-14H2,1H3/t19-,23+/m0/s1. The molecule has 166 valence electrons. The molecular formula is C24H23NO5S2. The lowest BCUT2D eigenvalue weighted by Crippen LogP contribution is -2.62. The van der Waals surface area contributed by atoms with E-state index in [0.717, 1.165) is 11.1 Å². The molecule has 0 N–H and O–H groups in total. The predicted molar refractivity (Wildman–Crippen MR) is 125 cm³/mol. The third-order valence-electron chi connectivity index (χ3n) is 5.43. The van der Waals surface area contributed by atoms with E-state index in [-0.39, 0.29) is 29.5 Å². The van der Waals surface area contributed by atoms with Gasteiger partial charge in [-0.25, -0.2) is 4.79 Å². The minimum absolute atomic E-state index is 0.0594.